The Labute approximate surface area is 107 Å². The molecule has 0 heterocycles. The van der Waals surface area contributed by atoms with Crippen LogP contribution in [0, 0.1) is 0 Å². The highest BCUT2D eigenvalue weighted by Gasteiger charge is 2.29. The molecule has 1 aromatic carbocycles. The second-order valence-corrected chi connectivity index (χ2v) is 6.71. The SMILES string of the molecule is COC1CC(Nc2ccc(S(C)(=O)=O)cc2N)C1. The number of rotatable bonds is 4. The van der Waals surface area contributed by atoms with Crippen LogP contribution in [0.2, 0.25) is 0 Å². The number of nitrogens with two attached hydrogens (primary N) is 1. The van der Waals surface area contributed by atoms with Crippen molar-refractivity contribution in [3.05, 3.63) is 18.2 Å². The fourth-order valence-electron chi connectivity index (χ4n) is 2.00. The van der Waals surface area contributed by atoms with Crippen LogP contribution >= 0.6 is 0 Å². The average molecular weight is 270 g/mol. The first-order valence-corrected chi connectivity index (χ1v) is 7.68. The molecule has 0 aromatic heterocycles. The largest absolute Gasteiger partial charge is 0.397 e. The molecule has 0 radical (unpaired) electrons. The minimum absolute atomic E-state index is 0.244. The number of nitrogens with one attached hydrogen (secondary N) is 1. The fraction of sp³-hybridized carbons (Fsp3) is 0.500. The van der Waals surface area contributed by atoms with Crippen LogP contribution in [-0.2, 0) is 14.6 Å². The van der Waals surface area contributed by atoms with E-state index in [0.29, 0.717) is 17.8 Å². The van der Waals surface area contributed by atoms with Crippen LogP contribution in [0.5, 0.6) is 0 Å². The Hall–Kier alpha value is -1.27. The molecule has 18 heavy (non-hydrogen) atoms. The summed E-state index contributed by atoms with van der Waals surface area (Å²) in [6.45, 7) is 0. The summed E-state index contributed by atoms with van der Waals surface area (Å²) in [6, 6.07) is 5.12. The average Bonchev–Trinajstić information content (AvgIpc) is 2.23. The Morgan fingerprint density at radius 3 is 2.56 bits per heavy atom. The molecule has 3 N–H and O–H groups in total. The van der Waals surface area contributed by atoms with Gasteiger partial charge in [-0.25, -0.2) is 8.42 Å². The quantitative estimate of drug-likeness (QED) is 0.805. The lowest BCUT2D eigenvalue weighted by Crippen LogP contribution is -2.40. The molecule has 100 valence electrons. The van der Waals surface area contributed by atoms with Crippen LogP contribution in [-0.4, -0.2) is 33.9 Å². The summed E-state index contributed by atoms with van der Waals surface area (Å²) >= 11 is 0. The van der Waals surface area contributed by atoms with Crippen molar-refractivity contribution in [1.82, 2.24) is 0 Å². The highest BCUT2D eigenvalue weighted by atomic mass is 32.2. The number of nitrogen functional groups attached to an aromatic ring is 1. The summed E-state index contributed by atoms with van der Waals surface area (Å²) in [6.07, 6.45) is 3.39. The van der Waals surface area contributed by atoms with Gasteiger partial charge in [0.05, 0.1) is 22.4 Å². The number of methoxy groups -OCH3 is 1. The molecule has 1 aliphatic rings. The van der Waals surface area contributed by atoms with Crippen molar-refractivity contribution in [3.8, 4) is 0 Å². The smallest absolute Gasteiger partial charge is 0.175 e. The van der Waals surface area contributed by atoms with Crippen molar-refractivity contribution in [2.24, 2.45) is 0 Å². The predicted octanol–water partition coefficient (Wildman–Crippen LogP) is 1.26. The molecule has 1 aromatic rings. The summed E-state index contributed by atoms with van der Waals surface area (Å²) in [7, 11) is -1.50. The van der Waals surface area contributed by atoms with Crippen molar-refractivity contribution in [1.29, 1.82) is 0 Å². The maximum Gasteiger partial charge on any atom is 0.175 e. The third-order valence-electron chi connectivity index (χ3n) is 3.24. The zero-order valence-electron chi connectivity index (χ0n) is 10.5. The summed E-state index contributed by atoms with van der Waals surface area (Å²) in [5.41, 5.74) is 7.09. The molecule has 0 atom stereocenters. The molecule has 0 amide bonds. The van der Waals surface area contributed by atoms with Crippen molar-refractivity contribution >= 4 is 21.2 Å². The van der Waals surface area contributed by atoms with Crippen LogP contribution in [0.15, 0.2) is 23.1 Å². The van der Waals surface area contributed by atoms with E-state index in [-0.39, 0.29) is 4.90 Å². The van der Waals surface area contributed by atoms with E-state index in [2.05, 4.69) is 5.32 Å². The van der Waals surface area contributed by atoms with Gasteiger partial charge in [-0.05, 0) is 31.0 Å². The normalized spacial score (nSPS) is 23.4. The van der Waals surface area contributed by atoms with Crippen molar-refractivity contribution in [2.75, 3.05) is 24.4 Å². The van der Waals surface area contributed by atoms with Gasteiger partial charge < -0.3 is 15.8 Å². The van der Waals surface area contributed by atoms with Gasteiger partial charge in [-0.3, -0.25) is 0 Å². The van der Waals surface area contributed by atoms with Crippen LogP contribution in [0.3, 0.4) is 0 Å². The summed E-state index contributed by atoms with van der Waals surface area (Å²) in [4.78, 5) is 0.244. The van der Waals surface area contributed by atoms with Gasteiger partial charge >= 0.3 is 0 Å². The molecule has 1 saturated carbocycles. The second-order valence-electron chi connectivity index (χ2n) is 4.69. The Morgan fingerprint density at radius 2 is 2.06 bits per heavy atom. The Balaban J connectivity index is 2.07. The van der Waals surface area contributed by atoms with Gasteiger partial charge in [-0.1, -0.05) is 0 Å². The van der Waals surface area contributed by atoms with Gasteiger partial charge in [0.2, 0.25) is 0 Å². The van der Waals surface area contributed by atoms with Gasteiger partial charge in [0.1, 0.15) is 0 Å². The monoisotopic (exact) mass is 270 g/mol. The summed E-state index contributed by atoms with van der Waals surface area (Å²) in [5, 5.41) is 3.29. The summed E-state index contributed by atoms with van der Waals surface area (Å²) in [5.74, 6) is 0. The highest BCUT2D eigenvalue weighted by Crippen LogP contribution is 2.29. The van der Waals surface area contributed by atoms with Crippen LogP contribution in [0.1, 0.15) is 12.8 Å². The molecule has 2 rings (SSSR count). The van der Waals surface area contributed by atoms with E-state index in [4.69, 9.17) is 10.5 Å². The first kappa shape index (κ1) is 13.2. The molecule has 1 aliphatic carbocycles. The molecule has 0 aliphatic heterocycles. The zero-order chi connectivity index (χ0) is 13.3. The zero-order valence-corrected chi connectivity index (χ0v) is 11.3. The number of ether oxygens (including phenoxy) is 1. The summed E-state index contributed by atoms with van der Waals surface area (Å²) < 4.78 is 27.9. The van der Waals surface area contributed by atoms with E-state index in [1.807, 2.05) is 0 Å². The number of sulfone groups is 1. The molecular weight excluding hydrogens is 252 g/mol. The maximum atomic E-state index is 11.4. The highest BCUT2D eigenvalue weighted by molar-refractivity contribution is 7.90. The van der Waals surface area contributed by atoms with Gasteiger partial charge in [-0.2, -0.15) is 0 Å². The molecule has 0 spiro atoms. The van der Waals surface area contributed by atoms with E-state index in [0.717, 1.165) is 18.5 Å². The van der Waals surface area contributed by atoms with Gasteiger partial charge in [-0.15, -0.1) is 0 Å². The lowest BCUT2D eigenvalue weighted by atomic mass is 9.89. The molecule has 1 fully saturated rings. The lowest BCUT2D eigenvalue weighted by molar-refractivity contribution is 0.0329. The van der Waals surface area contributed by atoms with Gasteiger partial charge in [0.15, 0.2) is 9.84 Å². The van der Waals surface area contributed by atoms with Crippen molar-refractivity contribution < 1.29 is 13.2 Å². The minimum Gasteiger partial charge on any atom is -0.397 e. The lowest BCUT2D eigenvalue weighted by Gasteiger charge is -2.35. The van der Waals surface area contributed by atoms with Gasteiger partial charge in [0.25, 0.3) is 0 Å². The maximum absolute atomic E-state index is 11.4. The molecule has 0 unspecified atom stereocenters. The van der Waals surface area contributed by atoms with E-state index in [1.54, 1.807) is 19.2 Å². The Bertz CT molecular complexity index is 536. The van der Waals surface area contributed by atoms with Crippen LogP contribution in [0.25, 0.3) is 0 Å². The van der Waals surface area contributed by atoms with E-state index in [1.165, 1.54) is 12.3 Å². The molecule has 5 nitrogen and oxygen atoms in total. The number of hydrogen-bond acceptors (Lipinski definition) is 5. The van der Waals surface area contributed by atoms with E-state index < -0.39 is 9.84 Å². The van der Waals surface area contributed by atoms with Gasteiger partial charge in [0, 0.05) is 19.4 Å². The topological polar surface area (TPSA) is 81.4 Å². The van der Waals surface area contributed by atoms with Crippen LogP contribution < -0.4 is 11.1 Å². The van der Waals surface area contributed by atoms with E-state index in [9.17, 15) is 8.42 Å². The second kappa shape index (κ2) is 4.78. The molecule has 0 saturated heterocycles. The first-order valence-electron chi connectivity index (χ1n) is 5.79. The van der Waals surface area contributed by atoms with Crippen molar-refractivity contribution in [3.63, 3.8) is 0 Å². The van der Waals surface area contributed by atoms with E-state index >= 15 is 0 Å². The Kier molecular flexibility index (Phi) is 3.49. The predicted molar refractivity (Wildman–Crippen MR) is 71.4 cm³/mol. The molecular formula is C12H18N2O3S. The number of anilines is 2. The minimum atomic E-state index is -3.20. The van der Waals surface area contributed by atoms with Crippen LogP contribution in [0.4, 0.5) is 11.4 Å². The fourth-order valence-corrected chi connectivity index (χ4v) is 2.66. The Morgan fingerprint density at radius 1 is 1.39 bits per heavy atom. The third-order valence-corrected chi connectivity index (χ3v) is 4.35. The molecule has 6 heteroatoms. The third kappa shape index (κ3) is 2.76. The standard InChI is InChI=1S/C12H18N2O3S/c1-17-9-5-8(6-9)14-12-4-3-10(7-11(12)13)18(2,15)16/h3-4,7-9,14H,5-6,13H2,1-2H3. The first-order chi connectivity index (χ1) is 8.40. The van der Waals surface area contributed by atoms with Crippen molar-refractivity contribution in [2.45, 2.75) is 29.9 Å². The number of hydrogen-bond donors (Lipinski definition) is 2. The molecule has 0 bridgehead atoms. The number of benzene rings is 1.